The fourth-order valence-corrected chi connectivity index (χ4v) is 2.95. The summed E-state index contributed by atoms with van der Waals surface area (Å²) in [4.78, 5) is 12.5. The summed E-state index contributed by atoms with van der Waals surface area (Å²) < 4.78 is 42.5. The summed E-state index contributed by atoms with van der Waals surface area (Å²) in [6.45, 7) is 3.59. The minimum Gasteiger partial charge on any atom is -0.378 e. The van der Waals surface area contributed by atoms with Gasteiger partial charge < -0.3 is 15.4 Å². The number of carbonyl (C=O) groups excluding carboxylic acids is 1. The molecule has 1 unspecified atom stereocenters. The van der Waals surface area contributed by atoms with E-state index in [2.05, 4.69) is 10.6 Å². The fourth-order valence-electron chi connectivity index (χ4n) is 2.20. The van der Waals surface area contributed by atoms with Crippen LogP contribution in [0.5, 0.6) is 0 Å². The molecule has 9 heteroatoms. The van der Waals surface area contributed by atoms with Crippen molar-refractivity contribution in [3.05, 3.63) is 23.8 Å². The first-order valence-electron chi connectivity index (χ1n) is 7.25. The van der Waals surface area contributed by atoms with Gasteiger partial charge in [-0.05, 0) is 24.6 Å². The Morgan fingerprint density at radius 3 is 2.83 bits per heavy atom. The molecule has 0 spiro atoms. The molecule has 136 valence electrons. The van der Waals surface area contributed by atoms with Crippen molar-refractivity contribution in [2.75, 3.05) is 30.8 Å². The molecule has 1 aromatic carbocycles. The van der Waals surface area contributed by atoms with Gasteiger partial charge in [0.15, 0.2) is 0 Å². The molecular formula is C15H20ClF3N2O2S. The number of amides is 1. The highest BCUT2D eigenvalue weighted by molar-refractivity contribution is 7.99. The van der Waals surface area contributed by atoms with E-state index in [1.54, 1.807) is 18.2 Å². The van der Waals surface area contributed by atoms with Crippen LogP contribution in [-0.2, 0) is 9.53 Å². The summed E-state index contributed by atoms with van der Waals surface area (Å²) in [6.07, 6.45) is -4.03. The minimum atomic E-state index is -4.25. The molecule has 4 nitrogen and oxygen atoms in total. The number of alkyl halides is 3. The van der Waals surface area contributed by atoms with Crippen LogP contribution in [0.15, 0.2) is 23.1 Å². The fraction of sp³-hybridized carbons (Fsp3) is 0.533. The van der Waals surface area contributed by atoms with Gasteiger partial charge in [0.05, 0.1) is 24.7 Å². The van der Waals surface area contributed by atoms with Crippen LogP contribution in [0.3, 0.4) is 0 Å². The van der Waals surface area contributed by atoms with E-state index < -0.39 is 11.9 Å². The number of anilines is 1. The van der Waals surface area contributed by atoms with E-state index in [4.69, 9.17) is 4.74 Å². The Bertz CT molecular complexity index is 552. The highest BCUT2D eigenvalue weighted by Gasteiger charge is 2.28. The second-order valence-electron chi connectivity index (χ2n) is 5.38. The van der Waals surface area contributed by atoms with Crippen molar-refractivity contribution in [3.63, 3.8) is 0 Å². The molecule has 1 heterocycles. The van der Waals surface area contributed by atoms with E-state index in [9.17, 15) is 18.0 Å². The second kappa shape index (κ2) is 9.50. The largest absolute Gasteiger partial charge is 0.398 e. The van der Waals surface area contributed by atoms with E-state index in [0.29, 0.717) is 42.1 Å². The van der Waals surface area contributed by atoms with Gasteiger partial charge in [-0.25, -0.2) is 0 Å². The monoisotopic (exact) mass is 384 g/mol. The van der Waals surface area contributed by atoms with Crippen LogP contribution in [-0.4, -0.2) is 43.6 Å². The molecule has 1 saturated heterocycles. The number of hydrogen-bond acceptors (Lipinski definition) is 4. The SMILES string of the molecule is Cc1ccc(SCC(F)(F)F)c(NC(=O)CC2COCCN2)c1.Cl. The molecule has 1 fully saturated rings. The van der Waals surface area contributed by atoms with Crippen molar-refractivity contribution in [1.82, 2.24) is 5.32 Å². The Balaban J connectivity index is 0.00000288. The molecule has 2 N–H and O–H groups in total. The molecule has 1 aliphatic heterocycles. The van der Waals surface area contributed by atoms with Crippen LogP contribution in [0.1, 0.15) is 12.0 Å². The molecule has 1 aromatic rings. The zero-order valence-corrected chi connectivity index (χ0v) is 14.7. The van der Waals surface area contributed by atoms with Crippen LogP contribution < -0.4 is 10.6 Å². The summed E-state index contributed by atoms with van der Waals surface area (Å²) in [5, 5.41) is 5.88. The number of morpholine rings is 1. The standard InChI is InChI=1S/C15H19F3N2O2S.ClH/c1-10-2-3-13(23-9-15(16,17)18)12(6-10)20-14(21)7-11-8-22-5-4-19-11;/h2-3,6,11,19H,4-5,7-9H2,1H3,(H,20,21);1H. The predicted octanol–water partition coefficient (Wildman–Crippen LogP) is 3.39. The normalized spacial score (nSPS) is 17.9. The van der Waals surface area contributed by atoms with Crippen molar-refractivity contribution in [2.24, 2.45) is 0 Å². The number of hydrogen-bond donors (Lipinski definition) is 2. The van der Waals surface area contributed by atoms with Gasteiger partial charge in [0, 0.05) is 23.9 Å². The van der Waals surface area contributed by atoms with Crippen LogP contribution in [0.25, 0.3) is 0 Å². The maximum atomic E-state index is 12.4. The number of benzene rings is 1. The van der Waals surface area contributed by atoms with E-state index in [0.717, 1.165) is 5.56 Å². The summed E-state index contributed by atoms with van der Waals surface area (Å²) in [5.41, 5.74) is 1.29. The van der Waals surface area contributed by atoms with Gasteiger partial charge in [0.1, 0.15) is 0 Å². The van der Waals surface area contributed by atoms with Gasteiger partial charge in [0.25, 0.3) is 0 Å². The minimum absolute atomic E-state index is 0. The van der Waals surface area contributed by atoms with E-state index in [-0.39, 0.29) is 30.8 Å². The average Bonchev–Trinajstić information content (AvgIpc) is 2.46. The van der Waals surface area contributed by atoms with Crippen molar-refractivity contribution >= 4 is 35.8 Å². The second-order valence-corrected chi connectivity index (χ2v) is 6.40. The molecule has 1 atom stereocenters. The first-order chi connectivity index (χ1) is 10.8. The molecule has 2 rings (SSSR count). The van der Waals surface area contributed by atoms with E-state index in [1.807, 2.05) is 6.92 Å². The molecule has 1 amide bonds. The van der Waals surface area contributed by atoms with Crippen molar-refractivity contribution in [1.29, 1.82) is 0 Å². The Morgan fingerprint density at radius 2 is 2.21 bits per heavy atom. The maximum Gasteiger partial charge on any atom is 0.398 e. The van der Waals surface area contributed by atoms with Crippen molar-refractivity contribution in [3.8, 4) is 0 Å². The molecule has 0 bridgehead atoms. The summed E-state index contributed by atoms with van der Waals surface area (Å²) in [7, 11) is 0. The van der Waals surface area contributed by atoms with Crippen LogP contribution in [0.2, 0.25) is 0 Å². The van der Waals surface area contributed by atoms with Gasteiger partial charge in [-0.1, -0.05) is 6.07 Å². The molecule has 0 saturated carbocycles. The van der Waals surface area contributed by atoms with Gasteiger partial charge >= 0.3 is 6.18 Å². The van der Waals surface area contributed by atoms with Crippen LogP contribution in [0.4, 0.5) is 18.9 Å². The molecule has 0 aromatic heterocycles. The summed E-state index contributed by atoms with van der Waals surface area (Å²) in [6, 6.07) is 4.94. The molecule has 0 aliphatic carbocycles. The first-order valence-corrected chi connectivity index (χ1v) is 8.23. The lowest BCUT2D eigenvalue weighted by Gasteiger charge is -2.23. The predicted molar refractivity (Wildman–Crippen MR) is 91.1 cm³/mol. The van der Waals surface area contributed by atoms with Gasteiger partial charge in [-0.2, -0.15) is 13.2 Å². The Kier molecular flexibility index (Phi) is 8.35. The third-order valence-electron chi connectivity index (χ3n) is 3.23. The number of ether oxygens (including phenoxy) is 1. The number of thioether (sulfide) groups is 1. The topological polar surface area (TPSA) is 50.4 Å². The maximum absolute atomic E-state index is 12.4. The number of halogens is 4. The van der Waals surface area contributed by atoms with Gasteiger partial charge in [-0.15, -0.1) is 24.2 Å². The molecule has 0 radical (unpaired) electrons. The van der Waals surface area contributed by atoms with E-state index in [1.165, 1.54) is 0 Å². The molecular weight excluding hydrogens is 365 g/mol. The average molecular weight is 385 g/mol. The highest BCUT2D eigenvalue weighted by Crippen LogP contribution is 2.33. The van der Waals surface area contributed by atoms with Crippen LogP contribution >= 0.6 is 24.2 Å². The zero-order valence-electron chi connectivity index (χ0n) is 13.1. The smallest absolute Gasteiger partial charge is 0.378 e. The number of aryl methyl sites for hydroxylation is 1. The van der Waals surface area contributed by atoms with Gasteiger partial charge in [-0.3, -0.25) is 4.79 Å². The Hall–Kier alpha value is -0.960. The number of rotatable bonds is 5. The number of nitrogens with one attached hydrogen (secondary N) is 2. The quantitative estimate of drug-likeness (QED) is 0.764. The summed E-state index contributed by atoms with van der Waals surface area (Å²) >= 11 is 0.671. The third kappa shape index (κ3) is 7.29. The lowest BCUT2D eigenvalue weighted by atomic mass is 10.1. The lowest BCUT2D eigenvalue weighted by molar-refractivity contribution is -0.117. The summed E-state index contributed by atoms with van der Waals surface area (Å²) in [5.74, 6) is -1.23. The van der Waals surface area contributed by atoms with Crippen molar-refractivity contribution < 1.29 is 22.7 Å². The van der Waals surface area contributed by atoms with Gasteiger partial charge in [0.2, 0.25) is 5.91 Å². The zero-order chi connectivity index (χ0) is 16.9. The molecule has 24 heavy (non-hydrogen) atoms. The first kappa shape index (κ1) is 21.1. The third-order valence-corrected chi connectivity index (χ3v) is 4.37. The lowest BCUT2D eigenvalue weighted by Crippen LogP contribution is -2.43. The van der Waals surface area contributed by atoms with Crippen LogP contribution in [0, 0.1) is 6.92 Å². The highest BCUT2D eigenvalue weighted by atomic mass is 35.5. The Labute approximate surface area is 149 Å². The number of carbonyl (C=O) groups is 1. The van der Waals surface area contributed by atoms with Crippen molar-refractivity contribution in [2.45, 2.75) is 30.5 Å². The Morgan fingerprint density at radius 1 is 1.46 bits per heavy atom. The van der Waals surface area contributed by atoms with E-state index >= 15 is 0 Å². The molecule has 1 aliphatic rings.